The predicted octanol–water partition coefficient (Wildman–Crippen LogP) is 4.12. The predicted molar refractivity (Wildman–Crippen MR) is 92.5 cm³/mol. The second-order valence-corrected chi connectivity index (χ2v) is 5.95. The summed E-state index contributed by atoms with van der Waals surface area (Å²) in [7, 11) is 1.68. The summed E-state index contributed by atoms with van der Waals surface area (Å²) < 4.78 is 5.20. The molecule has 0 aromatic carbocycles. The van der Waals surface area contributed by atoms with Gasteiger partial charge >= 0.3 is 0 Å². The summed E-state index contributed by atoms with van der Waals surface area (Å²) >= 11 is 7.28. The van der Waals surface area contributed by atoms with Crippen molar-refractivity contribution in [2.45, 2.75) is 0 Å². The van der Waals surface area contributed by atoms with Gasteiger partial charge in [-0.15, -0.1) is 0 Å². The Kier molecular flexibility index (Phi) is 4.64. The third kappa shape index (κ3) is 3.55. The molecular weight excluding hydrogens is 334 g/mol. The molecule has 7 heteroatoms. The number of carbonyl (C=O) groups is 1. The van der Waals surface area contributed by atoms with Crippen LogP contribution in [0.1, 0.15) is 5.76 Å². The smallest absolute Gasteiger partial charge is 0.266 e. The van der Waals surface area contributed by atoms with Crippen molar-refractivity contribution < 1.29 is 9.21 Å². The van der Waals surface area contributed by atoms with Gasteiger partial charge in [-0.2, -0.15) is 0 Å². The Hall–Kier alpha value is -2.31. The maximum absolute atomic E-state index is 12.2. The SMILES string of the molecule is CN1C(=O)/C(=C\C=C\c2ccco2)SC1=Nc1cccnc1Cl. The van der Waals surface area contributed by atoms with Crippen LogP contribution in [0.4, 0.5) is 5.69 Å². The molecule has 0 aliphatic carbocycles. The number of thioether (sulfide) groups is 1. The van der Waals surface area contributed by atoms with Crippen molar-refractivity contribution in [2.75, 3.05) is 7.05 Å². The quantitative estimate of drug-likeness (QED) is 0.620. The summed E-state index contributed by atoms with van der Waals surface area (Å²) in [5, 5.41) is 0.860. The number of aliphatic imine (C=N–C) groups is 1. The number of nitrogens with zero attached hydrogens (tertiary/aromatic N) is 3. The number of rotatable bonds is 3. The van der Waals surface area contributed by atoms with Crippen LogP contribution in [-0.4, -0.2) is 28.0 Å². The highest BCUT2D eigenvalue weighted by atomic mass is 35.5. The number of halogens is 1. The molecule has 0 saturated carbocycles. The number of hydrogen-bond donors (Lipinski definition) is 0. The number of amides is 1. The molecule has 0 atom stereocenters. The number of pyridine rings is 1. The van der Waals surface area contributed by atoms with Crippen LogP contribution in [0.3, 0.4) is 0 Å². The molecule has 2 aromatic heterocycles. The third-order valence-corrected chi connectivity index (χ3v) is 4.38. The van der Waals surface area contributed by atoms with E-state index < -0.39 is 0 Å². The maximum Gasteiger partial charge on any atom is 0.266 e. The lowest BCUT2D eigenvalue weighted by Crippen LogP contribution is -2.23. The van der Waals surface area contributed by atoms with Gasteiger partial charge in [-0.25, -0.2) is 9.98 Å². The molecule has 3 rings (SSSR count). The van der Waals surface area contributed by atoms with E-state index in [-0.39, 0.29) is 5.91 Å². The van der Waals surface area contributed by atoms with Gasteiger partial charge < -0.3 is 4.42 Å². The van der Waals surface area contributed by atoms with Crippen LogP contribution in [0.15, 0.2) is 63.2 Å². The van der Waals surface area contributed by atoms with Gasteiger partial charge in [-0.3, -0.25) is 9.69 Å². The Labute approximate surface area is 142 Å². The van der Waals surface area contributed by atoms with Crippen molar-refractivity contribution in [1.29, 1.82) is 0 Å². The van der Waals surface area contributed by atoms with E-state index in [0.717, 1.165) is 5.76 Å². The highest BCUT2D eigenvalue weighted by Gasteiger charge is 2.30. The summed E-state index contributed by atoms with van der Waals surface area (Å²) in [6.07, 6.45) is 8.48. The van der Waals surface area contributed by atoms with E-state index in [2.05, 4.69) is 9.98 Å². The number of likely N-dealkylation sites (N-methyl/N-ethyl adjacent to an activating group) is 1. The Morgan fingerprint density at radius 2 is 2.26 bits per heavy atom. The van der Waals surface area contributed by atoms with E-state index in [1.165, 1.54) is 16.7 Å². The Morgan fingerprint density at radius 3 is 3.00 bits per heavy atom. The van der Waals surface area contributed by atoms with E-state index in [0.29, 0.717) is 20.9 Å². The average Bonchev–Trinajstić information content (AvgIpc) is 3.14. The van der Waals surface area contributed by atoms with Crippen molar-refractivity contribution in [2.24, 2.45) is 4.99 Å². The Bertz CT molecular complexity index is 812. The first-order valence-electron chi connectivity index (χ1n) is 6.72. The highest BCUT2D eigenvalue weighted by molar-refractivity contribution is 8.18. The standard InChI is InChI=1S/C16H12ClN3O2S/c1-20-15(21)13(8-2-5-11-6-4-10-22-11)23-16(20)19-12-7-3-9-18-14(12)17/h2-10H,1H3/b5-2+,13-8+,19-16?. The fourth-order valence-electron chi connectivity index (χ4n) is 1.85. The van der Waals surface area contributed by atoms with Crippen molar-refractivity contribution in [3.63, 3.8) is 0 Å². The molecule has 0 radical (unpaired) electrons. The summed E-state index contributed by atoms with van der Waals surface area (Å²) in [6.45, 7) is 0. The molecule has 0 spiro atoms. The first kappa shape index (κ1) is 15.6. The molecule has 116 valence electrons. The van der Waals surface area contributed by atoms with Crippen molar-refractivity contribution in [3.8, 4) is 0 Å². The van der Waals surface area contributed by atoms with E-state index >= 15 is 0 Å². The van der Waals surface area contributed by atoms with Crippen LogP contribution >= 0.6 is 23.4 Å². The molecule has 5 nitrogen and oxygen atoms in total. The van der Waals surface area contributed by atoms with Crippen LogP contribution < -0.4 is 0 Å². The van der Waals surface area contributed by atoms with Gasteiger partial charge in [0.2, 0.25) is 0 Å². The highest BCUT2D eigenvalue weighted by Crippen LogP contribution is 2.33. The third-order valence-electron chi connectivity index (χ3n) is 3.01. The molecule has 2 aromatic rings. The number of amidine groups is 1. The fraction of sp³-hybridized carbons (Fsp3) is 0.0625. The van der Waals surface area contributed by atoms with Gasteiger partial charge in [0.15, 0.2) is 10.3 Å². The minimum absolute atomic E-state index is 0.113. The zero-order valence-electron chi connectivity index (χ0n) is 12.1. The number of hydrogen-bond acceptors (Lipinski definition) is 5. The number of carbonyl (C=O) groups excluding carboxylic acids is 1. The molecule has 1 saturated heterocycles. The van der Waals surface area contributed by atoms with Crippen molar-refractivity contribution in [3.05, 3.63) is 64.7 Å². The first-order valence-corrected chi connectivity index (χ1v) is 7.91. The van der Waals surface area contributed by atoms with Gasteiger partial charge in [0.1, 0.15) is 11.4 Å². The Morgan fingerprint density at radius 1 is 1.39 bits per heavy atom. The second kappa shape index (κ2) is 6.85. The number of aromatic nitrogens is 1. The molecular formula is C16H12ClN3O2S. The summed E-state index contributed by atoms with van der Waals surface area (Å²) in [6, 6.07) is 7.13. The molecule has 23 heavy (non-hydrogen) atoms. The average molecular weight is 346 g/mol. The minimum atomic E-state index is -0.113. The van der Waals surface area contributed by atoms with Crippen LogP contribution in [0, 0.1) is 0 Å². The molecule has 0 unspecified atom stereocenters. The number of allylic oxidation sites excluding steroid dienone is 2. The van der Waals surface area contributed by atoms with Gasteiger partial charge in [0.05, 0.1) is 11.2 Å². The van der Waals surface area contributed by atoms with Crippen LogP contribution in [0.25, 0.3) is 6.08 Å². The van der Waals surface area contributed by atoms with E-state index in [4.69, 9.17) is 16.0 Å². The zero-order chi connectivity index (χ0) is 16.2. The lowest BCUT2D eigenvalue weighted by molar-refractivity contribution is -0.121. The lowest BCUT2D eigenvalue weighted by atomic mass is 10.3. The molecule has 1 amide bonds. The van der Waals surface area contributed by atoms with Crippen molar-refractivity contribution >= 4 is 46.2 Å². The van der Waals surface area contributed by atoms with Gasteiger partial charge in [0.25, 0.3) is 5.91 Å². The molecule has 1 fully saturated rings. The molecule has 0 bridgehead atoms. The van der Waals surface area contributed by atoms with Gasteiger partial charge in [0, 0.05) is 13.2 Å². The monoisotopic (exact) mass is 345 g/mol. The largest absolute Gasteiger partial charge is 0.465 e. The van der Waals surface area contributed by atoms with Crippen LogP contribution in [0.5, 0.6) is 0 Å². The molecule has 1 aliphatic rings. The number of furan rings is 1. The summed E-state index contributed by atoms with van der Waals surface area (Å²) in [5.74, 6) is 0.611. The maximum atomic E-state index is 12.2. The van der Waals surface area contributed by atoms with E-state index in [1.54, 1.807) is 55.9 Å². The molecule has 1 aliphatic heterocycles. The fourth-order valence-corrected chi connectivity index (χ4v) is 2.94. The van der Waals surface area contributed by atoms with Gasteiger partial charge in [-0.05, 0) is 48.2 Å². The van der Waals surface area contributed by atoms with E-state index in [9.17, 15) is 4.79 Å². The molecule has 0 N–H and O–H groups in total. The van der Waals surface area contributed by atoms with Crippen LogP contribution in [-0.2, 0) is 4.79 Å². The zero-order valence-corrected chi connectivity index (χ0v) is 13.7. The lowest BCUT2D eigenvalue weighted by Gasteiger charge is -2.07. The van der Waals surface area contributed by atoms with Crippen molar-refractivity contribution in [1.82, 2.24) is 9.88 Å². The molecule has 3 heterocycles. The minimum Gasteiger partial charge on any atom is -0.465 e. The first-order chi connectivity index (χ1) is 11.1. The summed E-state index contributed by atoms with van der Waals surface area (Å²) in [4.78, 5) is 22.7. The Balaban J connectivity index is 1.81. The van der Waals surface area contributed by atoms with Crippen LogP contribution in [0.2, 0.25) is 5.15 Å². The van der Waals surface area contributed by atoms with E-state index in [1.807, 2.05) is 6.07 Å². The second-order valence-electron chi connectivity index (χ2n) is 4.58. The normalized spacial score (nSPS) is 18.7. The topological polar surface area (TPSA) is 58.7 Å². The van der Waals surface area contributed by atoms with Gasteiger partial charge in [-0.1, -0.05) is 17.7 Å². The summed E-state index contributed by atoms with van der Waals surface area (Å²) in [5.41, 5.74) is 0.531.